The molecule has 1 atom stereocenters. The molecule has 1 unspecified atom stereocenters. The first kappa shape index (κ1) is 23.0. The summed E-state index contributed by atoms with van der Waals surface area (Å²) in [7, 11) is -3.89. The average molecular weight is 473 g/mol. The first-order chi connectivity index (χ1) is 14.1. The summed E-state index contributed by atoms with van der Waals surface area (Å²) < 4.78 is 40.9. The van der Waals surface area contributed by atoms with Crippen molar-refractivity contribution in [3.05, 3.63) is 57.3 Å². The molecule has 0 aromatic heterocycles. The molecule has 1 amide bonds. The minimum Gasteiger partial charge on any atom is -0.305 e. The number of benzene rings is 2. The van der Waals surface area contributed by atoms with E-state index in [1.54, 1.807) is 24.8 Å². The van der Waals surface area contributed by atoms with E-state index in [1.165, 1.54) is 28.6 Å². The second-order valence-electron chi connectivity index (χ2n) is 7.19. The fourth-order valence-corrected chi connectivity index (χ4v) is 6.04. The maximum atomic E-state index is 13.7. The van der Waals surface area contributed by atoms with Crippen LogP contribution in [0.25, 0.3) is 0 Å². The molecule has 1 heterocycles. The maximum Gasteiger partial charge on any atom is 0.260 e. The van der Waals surface area contributed by atoms with Crippen LogP contribution in [0.1, 0.15) is 43.1 Å². The fraction of sp³-hybridized carbons (Fsp3) is 0.381. The van der Waals surface area contributed by atoms with Crippen LogP contribution in [0, 0.1) is 5.82 Å². The molecule has 5 nitrogen and oxygen atoms in total. The van der Waals surface area contributed by atoms with Crippen molar-refractivity contribution in [2.45, 2.75) is 44.6 Å². The summed E-state index contributed by atoms with van der Waals surface area (Å²) in [4.78, 5) is 14.9. The van der Waals surface area contributed by atoms with E-state index in [9.17, 15) is 17.6 Å². The normalized spacial score (nSPS) is 16.6. The van der Waals surface area contributed by atoms with E-state index in [-0.39, 0.29) is 45.5 Å². The van der Waals surface area contributed by atoms with Gasteiger partial charge >= 0.3 is 0 Å². The molecule has 3 rings (SSSR count). The highest BCUT2D eigenvalue weighted by atomic mass is 35.5. The smallest absolute Gasteiger partial charge is 0.260 e. The lowest BCUT2D eigenvalue weighted by Crippen LogP contribution is -2.42. The Bertz CT molecular complexity index is 1090. The van der Waals surface area contributed by atoms with Gasteiger partial charge in [0.15, 0.2) is 0 Å². The quantitative estimate of drug-likeness (QED) is 0.604. The molecular formula is C21H23Cl2FN2O3S. The van der Waals surface area contributed by atoms with Gasteiger partial charge in [-0.1, -0.05) is 37.0 Å². The highest BCUT2D eigenvalue weighted by Crippen LogP contribution is 2.36. The van der Waals surface area contributed by atoms with Gasteiger partial charge in [0.2, 0.25) is 10.0 Å². The second kappa shape index (κ2) is 8.83. The van der Waals surface area contributed by atoms with Crippen molar-refractivity contribution in [1.82, 2.24) is 4.31 Å². The number of carbonyl (C=O) groups is 1. The Hall–Kier alpha value is -1.67. The molecule has 0 N–H and O–H groups in total. The molecule has 1 aliphatic rings. The Kier molecular flexibility index (Phi) is 6.77. The van der Waals surface area contributed by atoms with Gasteiger partial charge in [0.25, 0.3) is 5.91 Å². The van der Waals surface area contributed by atoms with Gasteiger partial charge in [0.05, 0.1) is 15.6 Å². The van der Waals surface area contributed by atoms with Gasteiger partial charge in [-0.3, -0.25) is 4.79 Å². The van der Waals surface area contributed by atoms with E-state index in [0.717, 1.165) is 5.56 Å². The number of fused-ring (bicyclic) bond motifs is 1. The third-order valence-electron chi connectivity index (χ3n) is 5.37. The zero-order valence-corrected chi connectivity index (χ0v) is 19.3. The van der Waals surface area contributed by atoms with Crippen LogP contribution >= 0.6 is 23.2 Å². The van der Waals surface area contributed by atoms with Crippen LogP contribution in [0.3, 0.4) is 0 Å². The molecule has 1 aliphatic heterocycles. The largest absolute Gasteiger partial charge is 0.305 e. The first-order valence-corrected chi connectivity index (χ1v) is 11.9. The molecule has 0 spiro atoms. The number of amides is 1. The minimum atomic E-state index is -3.89. The van der Waals surface area contributed by atoms with Crippen LogP contribution in [0.2, 0.25) is 10.0 Å². The molecule has 2 aromatic carbocycles. The van der Waals surface area contributed by atoms with Crippen LogP contribution < -0.4 is 4.90 Å². The van der Waals surface area contributed by atoms with Crippen molar-refractivity contribution >= 4 is 44.8 Å². The van der Waals surface area contributed by atoms with E-state index in [2.05, 4.69) is 0 Å². The number of hydrogen-bond acceptors (Lipinski definition) is 3. The number of rotatable bonds is 5. The Morgan fingerprint density at radius 3 is 2.47 bits per heavy atom. The molecule has 0 aliphatic carbocycles. The predicted molar refractivity (Wildman–Crippen MR) is 118 cm³/mol. The summed E-state index contributed by atoms with van der Waals surface area (Å²) in [5.74, 6) is -0.819. The topological polar surface area (TPSA) is 57.7 Å². The molecule has 0 bridgehead atoms. The summed E-state index contributed by atoms with van der Waals surface area (Å²) in [5.41, 5.74) is 1.36. The van der Waals surface area contributed by atoms with Gasteiger partial charge in [-0.25, -0.2) is 12.8 Å². The Morgan fingerprint density at radius 2 is 1.83 bits per heavy atom. The summed E-state index contributed by atoms with van der Waals surface area (Å²) in [6, 6.07) is 6.65. The standard InChI is InChI=1S/C21H23Cl2FN2O3S/c1-4-25(5-2)30(28,29)20-11-16(17(22)12-18(20)23)21(27)26-13(3)6-7-14-10-15(24)8-9-19(14)26/h8-13H,4-7H2,1-3H3. The lowest BCUT2D eigenvalue weighted by molar-refractivity contribution is 0.0975. The Labute approximate surface area is 186 Å². The highest BCUT2D eigenvalue weighted by Gasteiger charge is 2.33. The molecule has 0 saturated heterocycles. The van der Waals surface area contributed by atoms with Crippen molar-refractivity contribution in [2.75, 3.05) is 18.0 Å². The number of aryl methyl sites for hydroxylation is 1. The van der Waals surface area contributed by atoms with Crippen LogP contribution in [0.5, 0.6) is 0 Å². The van der Waals surface area contributed by atoms with Crippen LogP contribution in [-0.2, 0) is 16.4 Å². The third-order valence-corrected chi connectivity index (χ3v) is 8.19. The molecule has 0 fully saturated rings. The molecule has 9 heteroatoms. The summed E-state index contributed by atoms with van der Waals surface area (Å²) in [6.45, 7) is 5.87. The zero-order chi connectivity index (χ0) is 22.2. The number of hydrogen-bond donors (Lipinski definition) is 0. The second-order valence-corrected chi connectivity index (χ2v) is 9.91. The van der Waals surface area contributed by atoms with Crippen molar-refractivity contribution in [1.29, 1.82) is 0 Å². The van der Waals surface area contributed by atoms with E-state index in [0.29, 0.717) is 18.5 Å². The summed E-state index contributed by atoms with van der Waals surface area (Å²) in [6.07, 6.45) is 1.30. The number of sulfonamides is 1. The van der Waals surface area contributed by atoms with E-state index in [1.807, 2.05) is 6.92 Å². The molecular weight excluding hydrogens is 450 g/mol. The molecule has 30 heavy (non-hydrogen) atoms. The van der Waals surface area contributed by atoms with Gasteiger partial charge in [0.1, 0.15) is 10.7 Å². The van der Waals surface area contributed by atoms with Crippen LogP contribution in [0.15, 0.2) is 35.2 Å². The van der Waals surface area contributed by atoms with Gasteiger partial charge in [-0.15, -0.1) is 0 Å². The van der Waals surface area contributed by atoms with Crippen molar-refractivity contribution in [2.24, 2.45) is 0 Å². The van der Waals surface area contributed by atoms with Gasteiger partial charge in [0, 0.05) is 24.8 Å². The van der Waals surface area contributed by atoms with Crippen molar-refractivity contribution < 1.29 is 17.6 Å². The van der Waals surface area contributed by atoms with Crippen LogP contribution in [0.4, 0.5) is 10.1 Å². The van der Waals surface area contributed by atoms with E-state index >= 15 is 0 Å². The average Bonchev–Trinajstić information content (AvgIpc) is 2.68. The number of carbonyl (C=O) groups excluding carboxylic acids is 1. The number of halogens is 3. The maximum absolute atomic E-state index is 13.7. The minimum absolute atomic E-state index is 0.0378. The molecule has 2 aromatic rings. The van der Waals surface area contributed by atoms with E-state index in [4.69, 9.17) is 23.2 Å². The fourth-order valence-electron chi connectivity index (χ4n) is 3.75. The van der Waals surface area contributed by atoms with Gasteiger partial charge in [-0.2, -0.15) is 4.31 Å². The summed E-state index contributed by atoms with van der Waals surface area (Å²) >= 11 is 12.5. The SMILES string of the molecule is CCN(CC)S(=O)(=O)c1cc(C(=O)N2c3ccc(F)cc3CCC2C)c(Cl)cc1Cl. The third kappa shape index (κ3) is 4.08. The molecule has 0 radical (unpaired) electrons. The zero-order valence-electron chi connectivity index (χ0n) is 17.0. The number of anilines is 1. The Balaban J connectivity index is 2.12. The number of nitrogens with zero attached hydrogens (tertiary/aromatic N) is 2. The predicted octanol–water partition coefficient (Wildman–Crippen LogP) is 5.14. The monoisotopic (exact) mass is 472 g/mol. The molecule has 162 valence electrons. The molecule has 0 saturated carbocycles. The first-order valence-electron chi connectivity index (χ1n) is 9.73. The lowest BCUT2D eigenvalue weighted by atomic mass is 9.95. The van der Waals surface area contributed by atoms with Crippen LogP contribution in [-0.4, -0.2) is 37.8 Å². The van der Waals surface area contributed by atoms with E-state index < -0.39 is 15.9 Å². The Morgan fingerprint density at radius 1 is 1.17 bits per heavy atom. The highest BCUT2D eigenvalue weighted by molar-refractivity contribution is 7.89. The lowest BCUT2D eigenvalue weighted by Gasteiger charge is -2.35. The summed E-state index contributed by atoms with van der Waals surface area (Å²) in [5, 5.41) is 0.0162. The van der Waals surface area contributed by atoms with Crippen molar-refractivity contribution in [3.8, 4) is 0 Å². The van der Waals surface area contributed by atoms with Gasteiger partial charge < -0.3 is 4.90 Å². The van der Waals surface area contributed by atoms with Crippen molar-refractivity contribution in [3.63, 3.8) is 0 Å². The van der Waals surface area contributed by atoms with Gasteiger partial charge in [-0.05, 0) is 55.7 Å².